The average molecular weight is 710 g/mol. The minimum Gasteiger partial charge on any atom is -0.456 e. The number of para-hydroxylation sites is 1. The summed E-state index contributed by atoms with van der Waals surface area (Å²) in [5.41, 5.74) is 10.9. The van der Waals surface area contributed by atoms with Gasteiger partial charge in [-0.05, 0) is 52.1 Å². The molecule has 0 bridgehead atoms. The van der Waals surface area contributed by atoms with Crippen molar-refractivity contribution in [2.24, 2.45) is 15.0 Å². The molecule has 2 aliphatic heterocycles. The van der Waals surface area contributed by atoms with Crippen LogP contribution < -0.4 is 10.6 Å². The molecule has 10 rings (SSSR count). The molecule has 0 saturated heterocycles. The molecule has 2 N–H and O–H groups in total. The number of fused-ring (bicyclic) bond motifs is 3. The quantitative estimate of drug-likeness (QED) is 0.173. The highest BCUT2D eigenvalue weighted by atomic mass is 16.3. The second-order valence-corrected chi connectivity index (χ2v) is 13.7. The van der Waals surface area contributed by atoms with Crippen LogP contribution in [-0.4, -0.2) is 17.5 Å². The summed E-state index contributed by atoms with van der Waals surface area (Å²) >= 11 is 0. The molecule has 3 heterocycles. The predicted octanol–water partition coefficient (Wildman–Crippen LogP) is 10.9. The Bertz CT molecular complexity index is 2790. The maximum Gasteiger partial charge on any atom is 0.159 e. The van der Waals surface area contributed by atoms with E-state index in [9.17, 15) is 0 Å². The highest BCUT2D eigenvalue weighted by Gasteiger charge is 2.25. The van der Waals surface area contributed by atoms with Crippen molar-refractivity contribution in [3.05, 3.63) is 221 Å². The Labute approximate surface area is 319 Å². The van der Waals surface area contributed by atoms with Gasteiger partial charge in [0, 0.05) is 27.5 Å². The summed E-state index contributed by atoms with van der Waals surface area (Å²) in [7, 11) is 0. The van der Waals surface area contributed by atoms with Crippen LogP contribution in [0.1, 0.15) is 45.6 Å². The topological polar surface area (TPSA) is 74.3 Å². The molecule has 0 spiro atoms. The summed E-state index contributed by atoms with van der Waals surface area (Å²) in [4.78, 5) is 15.4. The smallest absolute Gasteiger partial charge is 0.159 e. The minimum atomic E-state index is -0.272. The van der Waals surface area contributed by atoms with E-state index >= 15 is 0 Å². The highest BCUT2D eigenvalue weighted by Crippen LogP contribution is 2.37. The third-order valence-electron chi connectivity index (χ3n) is 10.2. The van der Waals surface area contributed by atoms with Gasteiger partial charge < -0.3 is 15.1 Å². The number of furan rings is 1. The maximum absolute atomic E-state index is 6.46. The molecule has 1 aromatic heterocycles. The van der Waals surface area contributed by atoms with Gasteiger partial charge >= 0.3 is 0 Å². The molecule has 0 saturated carbocycles. The molecule has 0 amide bonds. The van der Waals surface area contributed by atoms with Gasteiger partial charge in [-0.3, -0.25) is 0 Å². The first-order valence-electron chi connectivity index (χ1n) is 18.5. The number of amidine groups is 3. The molecule has 2 unspecified atom stereocenters. The third-order valence-corrected chi connectivity index (χ3v) is 10.2. The van der Waals surface area contributed by atoms with E-state index in [-0.39, 0.29) is 12.2 Å². The van der Waals surface area contributed by atoms with E-state index in [1.807, 2.05) is 60.7 Å². The monoisotopic (exact) mass is 709 g/mol. The second-order valence-electron chi connectivity index (χ2n) is 13.7. The lowest BCUT2D eigenvalue weighted by molar-refractivity contribution is 0.668. The molecule has 2 aliphatic rings. The number of rotatable bonds is 7. The second kappa shape index (κ2) is 13.9. The zero-order valence-corrected chi connectivity index (χ0v) is 29.8. The van der Waals surface area contributed by atoms with E-state index in [0.717, 1.165) is 83.8 Å². The van der Waals surface area contributed by atoms with Gasteiger partial charge in [-0.15, -0.1) is 0 Å². The minimum absolute atomic E-state index is 0.0843. The molecular formula is C49H35N5O. The highest BCUT2D eigenvalue weighted by molar-refractivity contribution is 6.15. The molecule has 0 radical (unpaired) electrons. The van der Waals surface area contributed by atoms with E-state index in [2.05, 4.69) is 138 Å². The third kappa shape index (κ3) is 6.30. The fourth-order valence-electron chi connectivity index (χ4n) is 7.42. The Morgan fingerprint density at radius 2 is 1.05 bits per heavy atom. The summed E-state index contributed by atoms with van der Waals surface area (Å²) in [6.45, 7) is 0. The van der Waals surface area contributed by atoms with Gasteiger partial charge in [-0.25, -0.2) is 15.0 Å². The summed E-state index contributed by atoms with van der Waals surface area (Å²) in [6.07, 6.45) is 1.93. The number of hydrogen-bond donors (Lipinski definition) is 2. The Hall–Kier alpha value is -7.31. The van der Waals surface area contributed by atoms with Gasteiger partial charge in [0.15, 0.2) is 5.84 Å². The normalized spacial score (nSPS) is 16.7. The zero-order chi connectivity index (χ0) is 36.6. The van der Waals surface area contributed by atoms with Crippen LogP contribution in [-0.2, 0) is 0 Å². The lowest BCUT2D eigenvalue weighted by Gasteiger charge is -2.26. The van der Waals surface area contributed by atoms with E-state index in [4.69, 9.17) is 19.4 Å². The van der Waals surface area contributed by atoms with E-state index in [1.54, 1.807) is 0 Å². The molecule has 55 heavy (non-hydrogen) atoms. The van der Waals surface area contributed by atoms with Crippen LogP contribution in [0.5, 0.6) is 0 Å². The number of aliphatic imine (C=N–C) groups is 3. The van der Waals surface area contributed by atoms with Crippen LogP contribution in [0.4, 0.5) is 0 Å². The van der Waals surface area contributed by atoms with Gasteiger partial charge in [0.1, 0.15) is 29.0 Å². The van der Waals surface area contributed by atoms with Crippen LogP contribution in [0.3, 0.4) is 0 Å². The molecule has 0 fully saturated rings. The molecule has 6 nitrogen and oxygen atoms in total. The summed E-state index contributed by atoms with van der Waals surface area (Å²) in [6, 6.07) is 62.4. The van der Waals surface area contributed by atoms with Crippen molar-refractivity contribution in [1.29, 1.82) is 0 Å². The molecular weight excluding hydrogens is 675 g/mol. The number of benzene rings is 7. The van der Waals surface area contributed by atoms with Crippen LogP contribution in [0.2, 0.25) is 0 Å². The van der Waals surface area contributed by atoms with Crippen LogP contribution in [0, 0.1) is 0 Å². The van der Waals surface area contributed by atoms with E-state index in [0.29, 0.717) is 5.84 Å². The summed E-state index contributed by atoms with van der Waals surface area (Å²) in [5, 5.41) is 9.53. The van der Waals surface area contributed by atoms with Crippen molar-refractivity contribution >= 4 is 45.1 Å². The van der Waals surface area contributed by atoms with Crippen molar-refractivity contribution in [3.8, 4) is 11.1 Å². The van der Waals surface area contributed by atoms with Gasteiger partial charge in [0.2, 0.25) is 0 Å². The van der Waals surface area contributed by atoms with Gasteiger partial charge in [-0.1, -0.05) is 164 Å². The maximum atomic E-state index is 6.46. The fourth-order valence-corrected chi connectivity index (χ4v) is 7.42. The first-order valence-corrected chi connectivity index (χ1v) is 18.5. The van der Waals surface area contributed by atoms with Gasteiger partial charge in [0.25, 0.3) is 0 Å². The standard InChI is InChI=1S/C49H35N5O/c1-5-15-33(16-6-1)42-31-43(34-17-7-2-8-18-34)51-49(50-42)41-30-45-40(38-23-13-14-24-44(38)55-45)29-39(41)32-25-27-37(28-26-32)48-53-46(35-19-9-3-10-20-35)52-47(54-48)36-21-11-4-12-22-36/h1-31,42,46H,(H,50,51)(H,52,53,54). The lowest BCUT2D eigenvalue weighted by atomic mass is 9.93. The molecule has 8 aromatic rings. The average Bonchev–Trinajstić information content (AvgIpc) is 3.64. The number of nitrogens with zero attached hydrogens (tertiary/aromatic N) is 3. The number of hydrogen-bond acceptors (Lipinski definition) is 6. The van der Waals surface area contributed by atoms with Crippen molar-refractivity contribution < 1.29 is 4.42 Å². The van der Waals surface area contributed by atoms with Gasteiger partial charge in [-0.2, -0.15) is 0 Å². The van der Waals surface area contributed by atoms with Crippen molar-refractivity contribution in [3.63, 3.8) is 0 Å². The van der Waals surface area contributed by atoms with Gasteiger partial charge in [0.05, 0.1) is 11.7 Å². The number of nitrogens with one attached hydrogen (secondary N) is 2. The molecule has 7 aromatic carbocycles. The molecule has 6 heteroatoms. The largest absolute Gasteiger partial charge is 0.456 e. The molecule has 2 atom stereocenters. The van der Waals surface area contributed by atoms with Crippen LogP contribution in [0.15, 0.2) is 207 Å². The molecule has 262 valence electrons. The Kier molecular flexibility index (Phi) is 8.18. The van der Waals surface area contributed by atoms with E-state index < -0.39 is 0 Å². The zero-order valence-electron chi connectivity index (χ0n) is 29.8. The van der Waals surface area contributed by atoms with Crippen LogP contribution >= 0.6 is 0 Å². The van der Waals surface area contributed by atoms with E-state index in [1.165, 1.54) is 0 Å². The summed E-state index contributed by atoms with van der Waals surface area (Å²) in [5.74, 6) is 2.25. The predicted molar refractivity (Wildman–Crippen MR) is 224 cm³/mol. The Morgan fingerprint density at radius 3 is 1.78 bits per heavy atom. The summed E-state index contributed by atoms with van der Waals surface area (Å²) < 4.78 is 6.46. The lowest BCUT2D eigenvalue weighted by Crippen LogP contribution is -2.33. The fraction of sp³-hybridized carbons (Fsp3) is 0.0408. The van der Waals surface area contributed by atoms with Crippen molar-refractivity contribution in [1.82, 2.24) is 10.6 Å². The first kappa shape index (κ1) is 32.3. The van der Waals surface area contributed by atoms with Crippen molar-refractivity contribution in [2.45, 2.75) is 12.2 Å². The van der Waals surface area contributed by atoms with Crippen molar-refractivity contribution in [2.75, 3.05) is 0 Å². The first-order chi connectivity index (χ1) is 27.2. The Morgan fingerprint density at radius 1 is 0.436 bits per heavy atom. The molecule has 0 aliphatic carbocycles. The van der Waals surface area contributed by atoms with Crippen LogP contribution in [0.25, 0.3) is 38.8 Å². The SMILES string of the molecule is C1=C(c2ccccc2)N=C(c2cc3oc4ccccc4c3cc2-c2ccc(C3=NC(c4ccccc4)=NC(c4ccccc4)N3)cc2)NC1c1ccccc1. The Balaban J connectivity index is 1.09.